The highest BCUT2D eigenvalue weighted by molar-refractivity contribution is 7.61. The monoisotopic (exact) mass is 216 g/mol. The molecule has 1 aromatic carbocycles. The quantitative estimate of drug-likeness (QED) is 0.775. The number of ether oxygens (including phenoxy) is 1. The van der Waals surface area contributed by atoms with Gasteiger partial charge < -0.3 is 14.2 Å². The Bertz CT molecular complexity index is 333. The first-order valence-electron chi connectivity index (χ1n) is 4.22. The lowest BCUT2D eigenvalue weighted by molar-refractivity contribution is 0.327. The van der Waals surface area contributed by atoms with Crippen molar-refractivity contribution in [2.24, 2.45) is 0 Å². The van der Waals surface area contributed by atoms with Crippen LogP contribution in [0.25, 0.3) is 0 Å². The number of rotatable bonds is 4. The Morgan fingerprint density at radius 1 is 1.36 bits per heavy atom. The molecule has 1 atom stereocenters. The van der Waals surface area contributed by atoms with Crippen LogP contribution in [0.2, 0.25) is 0 Å². The van der Waals surface area contributed by atoms with Crippen molar-refractivity contribution < 1.29 is 18.7 Å². The Morgan fingerprint density at radius 2 is 1.93 bits per heavy atom. The molecule has 78 valence electrons. The molecule has 0 radical (unpaired) electrons. The minimum absolute atomic E-state index is 0.267. The zero-order valence-electron chi connectivity index (χ0n) is 8.14. The van der Waals surface area contributed by atoms with Crippen molar-refractivity contribution in [3.63, 3.8) is 0 Å². The summed E-state index contributed by atoms with van der Waals surface area (Å²) in [6.07, 6.45) is 0. The molecule has 0 bridgehead atoms. The molecule has 0 aliphatic heterocycles. The smallest absolute Gasteiger partial charge is 0.358 e. The van der Waals surface area contributed by atoms with E-state index in [-0.39, 0.29) is 5.30 Å². The lowest BCUT2D eigenvalue weighted by Gasteiger charge is -2.09. The van der Waals surface area contributed by atoms with Crippen LogP contribution in [0.3, 0.4) is 0 Å². The van der Waals surface area contributed by atoms with Crippen LogP contribution < -0.4 is 10.0 Å². The Hall–Kier alpha value is -0.830. The highest BCUT2D eigenvalue weighted by Crippen LogP contribution is 2.39. The van der Waals surface area contributed by atoms with Gasteiger partial charge in [-0.2, -0.15) is 0 Å². The lowest BCUT2D eigenvalue weighted by Crippen LogP contribution is -2.05. The van der Waals surface area contributed by atoms with Gasteiger partial charge >= 0.3 is 7.60 Å². The molecule has 4 nitrogen and oxygen atoms in total. The van der Waals surface area contributed by atoms with Crippen molar-refractivity contribution >= 4 is 12.9 Å². The van der Waals surface area contributed by atoms with Crippen molar-refractivity contribution in [1.29, 1.82) is 0 Å². The SMILES string of the molecule is CCOc1ccc(P(=O)(O)OC)cc1. The Labute approximate surface area is 83.0 Å². The van der Waals surface area contributed by atoms with Gasteiger partial charge in [-0.25, -0.2) is 0 Å². The van der Waals surface area contributed by atoms with Gasteiger partial charge in [0, 0.05) is 7.11 Å². The second-order valence-electron chi connectivity index (χ2n) is 2.63. The molecule has 1 unspecified atom stereocenters. The van der Waals surface area contributed by atoms with Gasteiger partial charge in [0.05, 0.1) is 11.9 Å². The maximum absolute atomic E-state index is 11.3. The van der Waals surface area contributed by atoms with E-state index in [0.29, 0.717) is 12.4 Å². The summed E-state index contributed by atoms with van der Waals surface area (Å²) in [5.74, 6) is 0.673. The van der Waals surface area contributed by atoms with Crippen molar-refractivity contribution in [2.45, 2.75) is 6.92 Å². The van der Waals surface area contributed by atoms with Crippen LogP contribution in [-0.2, 0) is 9.09 Å². The van der Waals surface area contributed by atoms with Crippen LogP contribution in [0, 0.1) is 0 Å². The van der Waals surface area contributed by atoms with Crippen LogP contribution in [0.5, 0.6) is 5.75 Å². The lowest BCUT2D eigenvalue weighted by atomic mass is 10.3. The first-order valence-corrected chi connectivity index (χ1v) is 5.80. The first kappa shape index (κ1) is 11.2. The van der Waals surface area contributed by atoms with Gasteiger partial charge in [0.1, 0.15) is 5.75 Å². The summed E-state index contributed by atoms with van der Waals surface area (Å²) in [6.45, 7) is 2.44. The summed E-state index contributed by atoms with van der Waals surface area (Å²) in [5.41, 5.74) is 0. The van der Waals surface area contributed by atoms with Crippen LogP contribution in [0.4, 0.5) is 0 Å². The van der Waals surface area contributed by atoms with E-state index in [2.05, 4.69) is 4.52 Å². The van der Waals surface area contributed by atoms with E-state index in [9.17, 15) is 9.46 Å². The summed E-state index contributed by atoms with van der Waals surface area (Å²) < 4.78 is 21.0. The average molecular weight is 216 g/mol. The topological polar surface area (TPSA) is 55.8 Å². The summed E-state index contributed by atoms with van der Waals surface area (Å²) in [5, 5.41) is 0.267. The summed E-state index contributed by atoms with van der Waals surface area (Å²) in [6, 6.07) is 6.33. The largest absolute Gasteiger partial charge is 0.494 e. The maximum Gasteiger partial charge on any atom is 0.358 e. The molecule has 5 heteroatoms. The zero-order chi connectivity index (χ0) is 10.6. The molecule has 1 rings (SSSR count). The van der Waals surface area contributed by atoms with E-state index in [1.165, 1.54) is 19.2 Å². The van der Waals surface area contributed by atoms with Crippen molar-refractivity contribution in [1.82, 2.24) is 0 Å². The van der Waals surface area contributed by atoms with Crippen molar-refractivity contribution in [2.75, 3.05) is 13.7 Å². The fourth-order valence-electron chi connectivity index (χ4n) is 1.00. The second kappa shape index (κ2) is 4.60. The Morgan fingerprint density at radius 3 is 2.36 bits per heavy atom. The molecule has 0 aromatic heterocycles. The van der Waals surface area contributed by atoms with E-state index in [1.54, 1.807) is 12.1 Å². The van der Waals surface area contributed by atoms with Gasteiger partial charge in [-0.05, 0) is 31.2 Å². The molecule has 0 saturated heterocycles. The maximum atomic E-state index is 11.3. The average Bonchev–Trinajstić information content (AvgIpc) is 2.19. The van der Waals surface area contributed by atoms with E-state index in [4.69, 9.17) is 4.74 Å². The second-order valence-corrected chi connectivity index (χ2v) is 4.55. The number of benzene rings is 1. The number of hydrogen-bond donors (Lipinski definition) is 1. The van der Waals surface area contributed by atoms with E-state index < -0.39 is 7.60 Å². The number of hydrogen-bond acceptors (Lipinski definition) is 3. The van der Waals surface area contributed by atoms with Crippen LogP contribution >= 0.6 is 7.60 Å². The third-order valence-corrected chi connectivity index (χ3v) is 3.17. The van der Waals surface area contributed by atoms with E-state index >= 15 is 0 Å². The molecule has 0 aliphatic carbocycles. The van der Waals surface area contributed by atoms with E-state index in [0.717, 1.165) is 0 Å². The Balaban J connectivity index is 2.88. The molecule has 0 amide bonds. The summed E-state index contributed by atoms with van der Waals surface area (Å²) in [4.78, 5) is 9.31. The van der Waals surface area contributed by atoms with Gasteiger partial charge in [0.2, 0.25) is 0 Å². The van der Waals surface area contributed by atoms with Crippen LogP contribution in [0.1, 0.15) is 6.92 Å². The van der Waals surface area contributed by atoms with Crippen LogP contribution in [-0.4, -0.2) is 18.6 Å². The Kier molecular flexibility index (Phi) is 3.69. The molecule has 0 spiro atoms. The molecular weight excluding hydrogens is 203 g/mol. The predicted octanol–water partition coefficient (Wildman–Crippen LogP) is 1.54. The standard InChI is InChI=1S/C9H13O4P/c1-3-13-8-4-6-9(7-5-8)14(10,11)12-2/h4-7H,3H2,1-2H3,(H,10,11). The molecule has 14 heavy (non-hydrogen) atoms. The molecule has 1 N–H and O–H groups in total. The summed E-state index contributed by atoms with van der Waals surface area (Å²) in [7, 11) is -2.41. The minimum atomic E-state index is -3.62. The van der Waals surface area contributed by atoms with Gasteiger partial charge in [0.15, 0.2) is 0 Å². The van der Waals surface area contributed by atoms with Gasteiger partial charge in [0.25, 0.3) is 0 Å². The molecule has 0 fully saturated rings. The fraction of sp³-hybridized carbons (Fsp3) is 0.333. The van der Waals surface area contributed by atoms with Crippen molar-refractivity contribution in [3.8, 4) is 5.75 Å². The minimum Gasteiger partial charge on any atom is -0.494 e. The predicted molar refractivity (Wildman–Crippen MR) is 54.1 cm³/mol. The highest BCUT2D eigenvalue weighted by atomic mass is 31.2. The normalized spacial score (nSPS) is 14.8. The molecule has 1 aromatic rings. The highest BCUT2D eigenvalue weighted by Gasteiger charge is 2.19. The van der Waals surface area contributed by atoms with Gasteiger partial charge in [-0.1, -0.05) is 0 Å². The van der Waals surface area contributed by atoms with E-state index in [1.807, 2.05) is 6.92 Å². The zero-order valence-corrected chi connectivity index (χ0v) is 9.03. The molecule has 0 heterocycles. The van der Waals surface area contributed by atoms with Gasteiger partial charge in [-0.3, -0.25) is 4.57 Å². The molecule has 0 aliphatic rings. The molecule has 0 saturated carbocycles. The third kappa shape index (κ3) is 2.58. The third-order valence-electron chi connectivity index (χ3n) is 1.72. The fourth-order valence-corrected chi connectivity index (χ4v) is 1.74. The molecular formula is C9H13O4P. The first-order chi connectivity index (χ1) is 6.60. The summed E-state index contributed by atoms with van der Waals surface area (Å²) >= 11 is 0. The van der Waals surface area contributed by atoms with Crippen molar-refractivity contribution in [3.05, 3.63) is 24.3 Å². The van der Waals surface area contributed by atoms with Crippen LogP contribution in [0.15, 0.2) is 24.3 Å². The van der Waals surface area contributed by atoms with Gasteiger partial charge in [-0.15, -0.1) is 0 Å².